The van der Waals surface area contributed by atoms with E-state index in [1.54, 1.807) is 13.8 Å². The molecule has 8 N–H and O–H groups in total. The summed E-state index contributed by atoms with van der Waals surface area (Å²) >= 11 is 0. The Morgan fingerprint density at radius 3 is 0.907 bits per heavy atom. The van der Waals surface area contributed by atoms with E-state index in [4.69, 9.17) is 0 Å². The number of aliphatic hydroxyl groups excluding tert-OH is 8. The Bertz CT molecular complexity index is 955. The summed E-state index contributed by atoms with van der Waals surface area (Å²) < 4.78 is 0. The highest BCUT2D eigenvalue weighted by Crippen LogP contribution is 2.51. The molecule has 0 radical (unpaired) electrons. The van der Waals surface area contributed by atoms with E-state index < -0.39 is 113 Å². The lowest BCUT2D eigenvalue weighted by molar-refractivity contribution is -0.102. The van der Waals surface area contributed by atoms with Gasteiger partial charge in [0.1, 0.15) is 53.8 Å². The lowest BCUT2D eigenvalue weighted by Crippen LogP contribution is -2.65. The first-order valence-electron chi connectivity index (χ1n) is 13.7. The Hall–Kier alpha value is -3.24. The van der Waals surface area contributed by atoms with Crippen LogP contribution in [0, 0.1) is 11.8 Å². The zero-order valence-corrected chi connectivity index (χ0v) is 23.9. The summed E-state index contributed by atoms with van der Waals surface area (Å²) in [4.78, 5) is 59.9. The molecule has 2 unspecified atom stereocenters. The molecule has 0 aliphatic carbocycles. The summed E-state index contributed by atoms with van der Waals surface area (Å²) in [5, 5.41) is 80.8. The van der Waals surface area contributed by atoms with Crippen LogP contribution in [0.4, 0.5) is 19.2 Å². The molecule has 0 saturated carbocycles. The molecular weight excluding hydrogens is 580 g/mol. The van der Waals surface area contributed by atoms with Crippen LogP contribution in [0.1, 0.15) is 33.1 Å². The Morgan fingerprint density at radius 2 is 0.721 bits per heavy atom. The molecular formula is C23H40N8O12. The third-order valence-electron chi connectivity index (χ3n) is 9.48. The van der Waals surface area contributed by atoms with Crippen LogP contribution in [0.2, 0.25) is 0 Å². The monoisotopic (exact) mass is 620 g/mol. The van der Waals surface area contributed by atoms with Gasteiger partial charge in [0, 0.05) is 11.8 Å². The van der Waals surface area contributed by atoms with Crippen molar-refractivity contribution in [2.45, 2.75) is 56.8 Å². The van der Waals surface area contributed by atoms with Crippen molar-refractivity contribution in [1.29, 1.82) is 0 Å². The summed E-state index contributed by atoms with van der Waals surface area (Å²) in [5.74, 6) is -1.42. The fraction of sp³-hybridized carbons (Fsp3) is 0.826. The van der Waals surface area contributed by atoms with Gasteiger partial charge in [-0.25, -0.2) is 19.2 Å². The second-order valence-corrected chi connectivity index (χ2v) is 10.9. The highest BCUT2D eigenvalue weighted by Gasteiger charge is 2.72. The van der Waals surface area contributed by atoms with Crippen LogP contribution in [-0.2, 0) is 0 Å². The summed E-state index contributed by atoms with van der Waals surface area (Å²) in [6.07, 6.45) is -1.89. The largest absolute Gasteiger partial charge is 0.376 e. The van der Waals surface area contributed by atoms with Gasteiger partial charge in [0.25, 0.3) is 0 Å². The molecule has 2 atom stereocenters. The van der Waals surface area contributed by atoms with E-state index in [0.29, 0.717) is 0 Å². The van der Waals surface area contributed by atoms with Gasteiger partial charge in [-0.2, -0.15) is 0 Å². The van der Waals surface area contributed by atoms with Crippen molar-refractivity contribution in [2.24, 2.45) is 11.8 Å². The maximum absolute atomic E-state index is 13.2. The van der Waals surface area contributed by atoms with E-state index in [-0.39, 0.29) is 19.3 Å². The molecule has 0 spiro atoms. The van der Waals surface area contributed by atoms with E-state index >= 15 is 0 Å². The third kappa shape index (κ3) is 3.98. The average molecular weight is 621 g/mol. The lowest BCUT2D eigenvalue weighted by Gasteiger charge is -2.46. The topological polar surface area (TPSA) is 256 Å². The van der Waals surface area contributed by atoms with E-state index in [1.165, 1.54) is 0 Å². The van der Waals surface area contributed by atoms with E-state index in [9.17, 15) is 60.0 Å². The first-order chi connectivity index (χ1) is 20.5. The third-order valence-corrected chi connectivity index (χ3v) is 9.48. The van der Waals surface area contributed by atoms with Crippen LogP contribution in [-0.4, -0.2) is 182 Å². The van der Waals surface area contributed by atoms with Gasteiger partial charge in [-0.05, 0) is 12.8 Å². The van der Waals surface area contributed by atoms with Crippen molar-refractivity contribution in [3.05, 3.63) is 0 Å². The van der Waals surface area contributed by atoms with Crippen molar-refractivity contribution in [1.82, 2.24) is 39.2 Å². The van der Waals surface area contributed by atoms with Crippen molar-refractivity contribution in [3.63, 3.8) is 0 Å². The molecule has 4 aliphatic heterocycles. The molecule has 0 bridgehead atoms. The van der Waals surface area contributed by atoms with Crippen molar-refractivity contribution in [3.8, 4) is 0 Å². The summed E-state index contributed by atoms with van der Waals surface area (Å²) in [6, 6.07) is -3.33. The number of aliphatic hydroxyl groups is 8. The van der Waals surface area contributed by atoms with Crippen molar-refractivity contribution >= 4 is 24.1 Å². The minimum atomic E-state index is -1.71. The van der Waals surface area contributed by atoms with Gasteiger partial charge in [-0.1, -0.05) is 20.3 Å². The summed E-state index contributed by atoms with van der Waals surface area (Å²) in [6.45, 7) is -3.60. The molecule has 0 aromatic carbocycles. The zero-order valence-electron chi connectivity index (χ0n) is 23.9. The van der Waals surface area contributed by atoms with Gasteiger partial charge in [0.05, 0.1) is 0 Å². The van der Waals surface area contributed by atoms with Crippen LogP contribution in [0.3, 0.4) is 0 Å². The number of carbonyl (C=O) groups excluding carboxylic acids is 4. The molecule has 244 valence electrons. The highest BCUT2D eigenvalue weighted by molar-refractivity contribution is 5.87. The lowest BCUT2D eigenvalue weighted by atomic mass is 9.82. The van der Waals surface area contributed by atoms with E-state index in [2.05, 4.69) is 0 Å². The first-order valence-corrected chi connectivity index (χ1v) is 13.7. The Morgan fingerprint density at radius 1 is 0.488 bits per heavy atom. The number of nitrogens with zero attached hydrogens (tertiary/aromatic N) is 8. The van der Waals surface area contributed by atoms with Crippen molar-refractivity contribution in [2.75, 3.05) is 53.8 Å². The van der Waals surface area contributed by atoms with Crippen LogP contribution < -0.4 is 0 Å². The molecule has 0 aromatic rings. The second-order valence-electron chi connectivity index (χ2n) is 10.9. The van der Waals surface area contributed by atoms with Crippen LogP contribution in [0.5, 0.6) is 0 Å². The number of hydrogen-bond acceptors (Lipinski definition) is 12. The fourth-order valence-electron chi connectivity index (χ4n) is 7.73. The Balaban J connectivity index is 1.67. The molecule has 4 fully saturated rings. The van der Waals surface area contributed by atoms with Gasteiger partial charge < -0.3 is 40.9 Å². The molecule has 20 heteroatoms. The van der Waals surface area contributed by atoms with Gasteiger partial charge in [-0.3, -0.25) is 39.2 Å². The van der Waals surface area contributed by atoms with Gasteiger partial charge in [-0.15, -0.1) is 0 Å². The predicted octanol–water partition coefficient (Wildman–Crippen LogP) is -3.98. The maximum Gasteiger partial charge on any atom is 0.327 e. The number of carbonyl (C=O) groups is 4. The number of rotatable bonds is 14. The smallest absolute Gasteiger partial charge is 0.327 e. The maximum atomic E-state index is 13.2. The fourth-order valence-corrected chi connectivity index (χ4v) is 7.73. The predicted molar refractivity (Wildman–Crippen MR) is 138 cm³/mol. The van der Waals surface area contributed by atoms with Crippen LogP contribution in [0.15, 0.2) is 0 Å². The second kappa shape index (κ2) is 12.0. The van der Waals surface area contributed by atoms with Gasteiger partial charge in [0.15, 0.2) is 23.7 Å². The van der Waals surface area contributed by atoms with Crippen LogP contribution >= 0.6 is 0 Å². The molecule has 4 heterocycles. The molecule has 20 nitrogen and oxygen atoms in total. The quantitative estimate of drug-likeness (QED) is 0.0925. The first kappa shape index (κ1) is 32.7. The van der Waals surface area contributed by atoms with Gasteiger partial charge >= 0.3 is 24.1 Å². The van der Waals surface area contributed by atoms with E-state index in [1.807, 2.05) is 0 Å². The molecule has 4 rings (SSSR count). The molecule has 0 aromatic heterocycles. The number of fused-ring (bicyclic) bond motifs is 2. The van der Waals surface area contributed by atoms with Gasteiger partial charge in [0.2, 0.25) is 0 Å². The molecule has 4 aliphatic rings. The minimum absolute atomic E-state index is 0.196. The Kier molecular flexibility index (Phi) is 9.14. The molecule has 4 saturated heterocycles. The minimum Gasteiger partial charge on any atom is -0.376 e. The number of urea groups is 4. The summed E-state index contributed by atoms with van der Waals surface area (Å²) in [5.41, 5.74) is -3.43. The number of hydrogen-bond donors (Lipinski definition) is 8. The number of amides is 8. The average Bonchev–Trinajstić information content (AvgIpc) is 3.58. The zero-order chi connectivity index (χ0) is 32.0. The molecule has 43 heavy (non-hydrogen) atoms. The normalized spacial score (nSPS) is 30.5. The highest BCUT2D eigenvalue weighted by atomic mass is 16.3. The van der Waals surface area contributed by atoms with E-state index in [0.717, 1.165) is 39.2 Å². The van der Waals surface area contributed by atoms with Crippen molar-refractivity contribution < 1.29 is 60.0 Å². The standard InChI is InChI=1S/C23H40N8O12/c1-14(22-16(24(6-32)18(40)28(22)10-36)25(7-33)19(41)29(22)11-37)4-3-5-15(2)23-17(26(8-34)20(42)30(23)12-38)27(9-35)21(43)31(23)13-39/h14-17,32-39H,3-13H2,1-2H3/t14?,15?,16-,17-,22+,23+. The van der Waals surface area contributed by atoms with Crippen LogP contribution in [0.25, 0.3) is 0 Å². The molecule has 8 amide bonds. The Labute approximate surface area is 246 Å². The summed E-state index contributed by atoms with van der Waals surface area (Å²) in [7, 11) is 0. The SMILES string of the molecule is CC(CCCC(C)[C@]12[C@H](N(CO)C(=O)N1CO)N(CO)C(=O)N2CO)[C@]12[C@H](N(CO)C(=O)N1CO)N(CO)C(=O)N2CO.